The Bertz CT molecular complexity index is 1280. The second-order valence-corrected chi connectivity index (χ2v) is 14.4. The molecule has 0 aromatic rings. The normalized spacial score (nSPS) is 45.3. The summed E-state index contributed by atoms with van der Waals surface area (Å²) in [5, 5.41) is 178. The van der Waals surface area contributed by atoms with Crippen molar-refractivity contribution in [2.45, 2.75) is 154 Å². The van der Waals surface area contributed by atoms with Crippen molar-refractivity contribution in [1.82, 2.24) is 5.32 Å². The van der Waals surface area contributed by atoms with Gasteiger partial charge < -0.3 is 130 Å². The van der Waals surface area contributed by atoms with Crippen LogP contribution in [-0.4, -0.2) is 280 Å². The molecule has 0 unspecified atom stereocenters. The maximum Gasteiger partial charge on any atom is 0.217 e. The second kappa shape index (κ2) is 22.2. The molecule has 0 spiro atoms. The van der Waals surface area contributed by atoms with Gasteiger partial charge in [0.1, 0.15) is 122 Å². The molecule has 0 aromatic carbocycles. The zero-order valence-electron chi connectivity index (χ0n) is 31.4. The molecule has 4 aliphatic heterocycles. The zero-order chi connectivity index (χ0) is 44.0. The minimum Gasteiger partial charge on any atom is -0.394 e. The van der Waals surface area contributed by atoms with Gasteiger partial charge in [0.25, 0.3) is 0 Å². The van der Waals surface area contributed by atoms with Gasteiger partial charge in [-0.1, -0.05) is 0 Å². The Balaban J connectivity index is 1.58. The van der Waals surface area contributed by atoms with Gasteiger partial charge in [0.2, 0.25) is 5.91 Å². The Hall–Kier alpha value is -1.53. The van der Waals surface area contributed by atoms with Crippen LogP contribution in [0, 0.1) is 0 Å². The number of amides is 1. The number of hydrogen-bond acceptors (Lipinski definition) is 26. The van der Waals surface area contributed by atoms with E-state index in [1.54, 1.807) is 0 Å². The quantitative estimate of drug-likeness (QED) is 0.0608. The van der Waals surface area contributed by atoms with E-state index in [4.69, 9.17) is 37.9 Å². The molecule has 27 heteroatoms. The van der Waals surface area contributed by atoms with E-state index < -0.39 is 193 Å². The summed E-state index contributed by atoms with van der Waals surface area (Å²) in [5.41, 5.74) is 0. The van der Waals surface area contributed by atoms with Crippen LogP contribution >= 0.6 is 0 Å². The van der Waals surface area contributed by atoms with Crippen molar-refractivity contribution in [3.63, 3.8) is 0 Å². The lowest BCUT2D eigenvalue weighted by atomic mass is 9.94. The third-order valence-corrected chi connectivity index (χ3v) is 10.4. The largest absolute Gasteiger partial charge is 0.394 e. The van der Waals surface area contributed by atoms with Crippen molar-refractivity contribution in [2.75, 3.05) is 39.6 Å². The maximum absolute atomic E-state index is 12.4. The van der Waals surface area contributed by atoms with Gasteiger partial charge in [-0.15, -0.1) is 0 Å². The number of hydrogen-bond donors (Lipinski definition) is 18. The first-order chi connectivity index (χ1) is 27.9. The van der Waals surface area contributed by atoms with Crippen LogP contribution in [-0.2, 0) is 42.7 Å². The van der Waals surface area contributed by atoms with Crippen molar-refractivity contribution < 1.29 is 130 Å². The van der Waals surface area contributed by atoms with Crippen molar-refractivity contribution >= 4 is 5.91 Å². The summed E-state index contributed by atoms with van der Waals surface area (Å²) in [6.07, 6.45) is -43.8. The molecule has 0 aliphatic carbocycles. The van der Waals surface area contributed by atoms with Crippen LogP contribution in [0.15, 0.2) is 0 Å². The number of aliphatic hydroxyl groups excluding tert-OH is 17. The van der Waals surface area contributed by atoms with Crippen LogP contribution in [0.4, 0.5) is 0 Å². The summed E-state index contributed by atoms with van der Waals surface area (Å²) < 4.78 is 44.6. The third kappa shape index (κ3) is 11.2. The minimum absolute atomic E-state index is 0.836. The fourth-order valence-corrected chi connectivity index (χ4v) is 7.02. The zero-order valence-corrected chi connectivity index (χ0v) is 31.4. The van der Waals surface area contributed by atoms with Crippen molar-refractivity contribution in [3.05, 3.63) is 0 Å². The molecule has 4 rings (SSSR count). The first kappa shape index (κ1) is 50.1. The number of aliphatic hydroxyl groups is 17. The lowest BCUT2D eigenvalue weighted by molar-refractivity contribution is -0.383. The van der Waals surface area contributed by atoms with Crippen LogP contribution in [0.25, 0.3) is 0 Å². The molecule has 4 aliphatic rings. The molecule has 0 bridgehead atoms. The van der Waals surface area contributed by atoms with Crippen LogP contribution in [0.2, 0.25) is 0 Å². The summed E-state index contributed by atoms with van der Waals surface area (Å²) >= 11 is 0. The molecule has 4 saturated heterocycles. The Labute approximate surface area is 334 Å². The van der Waals surface area contributed by atoms with E-state index in [1.165, 1.54) is 0 Å². The highest BCUT2D eigenvalue weighted by molar-refractivity contribution is 5.73. The SMILES string of the molecule is CC(=O)N[C@H]1[C@H](O[C@H]2[C@@H](O)[C@@H](CO)O[C@@H](O[C@@H]([C@H](O)[C@@H](O)CO)[C@H](O)CO)[C@@H]2O)O[C@H](CO)[C@@H](O[C@@H]2O[C@H](CO)[C@H](O)[C@H](O[C@@H]3O[C@H](CO)[C@H](O)[C@H](O)[C@H]3O)[C@H]2O)[C@@H]1O. The molecule has 4 fully saturated rings. The van der Waals surface area contributed by atoms with Gasteiger partial charge in [0.15, 0.2) is 25.2 Å². The molecular formula is C32H57NO26. The maximum atomic E-state index is 12.4. The van der Waals surface area contributed by atoms with Gasteiger partial charge >= 0.3 is 0 Å². The molecule has 0 radical (unpaired) electrons. The first-order valence-electron chi connectivity index (χ1n) is 18.5. The minimum atomic E-state index is -2.16. The summed E-state index contributed by atoms with van der Waals surface area (Å²) in [6.45, 7) is -4.90. The molecule has 1 amide bonds. The highest BCUT2D eigenvalue weighted by Gasteiger charge is 2.56. The Morgan fingerprint density at radius 3 is 1.42 bits per heavy atom. The van der Waals surface area contributed by atoms with Gasteiger partial charge in [0, 0.05) is 6.92 Å². The van der Waals surface area contributed by atoms with E-state index in [0.29, 0.717) is 0 Å². The predicted octanol–water partition coefficient (Wildman–Crippen LogP) is -12.1. The monoisotopic (exact) mass is 871 g/mol. The lowest BCUT2D eigenvalue weighted by Crippen LogP contribution is -2.70. The first-order valence-corrected chi connectivity index (χ1v) is 18.5. The summed E-state index contributed by atoms with van der Waals surface area (Å²) in [7, 11) is 0. The van der Waals surface area contributed by atoms with E-state index in [9.17, 15) is 91.6 Å². The number of rotatable bonds is 18. The van der Waals surface area contributed by atoms with E-state index >= 15 is 0 Å². The van der Waals surface area contributed by atoms with E-state index in [0.717, 1.165) is 6.92 Å². The summed E-state index contributed by atoms with van der Waals surface area (Å²) in [5.74, 6) is -0.836. The fraction of sp³-hybridized carbons (Fsp3) is 0.969. The highest BCUT2D eigenvalue weighted by Crippen LogP contribution is 2.35. The van der Waals surface area contributed by atoms with Gasteiger partial charge in [0.05, 0.1) is 39.6 Å². The molecule has 18 N–H and O–H groups in total. The lowest BCUT2D eigenvalue weighted by Gasteiger charge is -2.50. The van der Waals surface area contributed by atoms with Crippen molar-refractivity contribution in [2.24, 2.45) is 0 Å². The highest BCUT2D eigenvalue weighted by atomic mass is 16.8. The van der Waals surface area contributed by atoms with Crippen molar-refractivity contribution in [3.8, 4) is 0 Å². The van der Waals surface area contributed by atoms with Gasteiger partial charge in [-0.3, -0.25) is 4.79 Å². The predicted molar refractivity (Wildman–Crippen MR) is 180 cm³/mol. The number of carbonyl (C=O) groups is 1. The summed E-state index contributed by atoms with van der Waals surface area (Å²) in [4.78, 5) is 12.4. The Morgan fingerprint density at radius 1 is 0.508 bits per heavy atom. The average Bonchev–Trinajstić information content (AvgIpc) is 3.22. The number of nitrogens with one attached hydrogen (secondary N) is 1. The standard InChI is InChI=1S/C32H57NO26/c1-8(40)33-15-20(47)26(57-32-24(51)28(19(46)13(6-38)54-32)59-30-22(49)21(48)17(44)11(4-36)52-30)14(7-39)55-29(15)58-27-18(45)12(5-37)53-31(23(27)50)56-25(10(42)3-35)16(43)9(41)2-34/h9-32,34-39,41-51H,2-7H2,1H3,(H,33,40)/t9-,10+,11+,12+,13+,14+,15+,16+,17-,18-,19-,20+,21-,22+,23+,24+,25+,26+,27-,28-,29-,30-,31-,32-/m0/s1. The summed E-state index contributed by atoms with van der Waals surface area (Å²) in [6, 6.07) is -1.75. The molecule has 0 aromatic heterocycles. The van der Waals surface area contributed by atoms with Gasteiger partial charge in [-0.25, -0.2) is 0 Å². The van der Waals surface area contributed by atoms with E-state index in [2.05, 4.69) is 5.32 Å². The average molecular weight is 872 g/mol. The smallest absolute Gasteiger partial charge is 0.217 e. The molecule has 0 saturated carbocycles. The molecule has 24 atom stereocenters. The van der Waals surface area contributed by atoms with Gasteiger partial charge in [-0.05, 0) is 0 Å². The van der Waals surface area contributed by atoms with Crippen LogP contribution in [0.3, 0.4) is 0 Å². The number of carbonyl (C=O) groups excluding carboxylic acids is 1. The van der Waals surface area contributed by atoms with E-state index in [1.807, 2.05) is 0 Å². The Kier molecular flexibility index (Phi) is 18.9. The van der Waals surface area contributed by atoms with E-state index in [-0.39, 0.29) is 0 Å². The van der Waals surface area contributed by atoms with Crippen LogP contribution < -0.4 is 5.32 Å². The molecular weight excluding hydrogens is 814 g/mol. The molecule has 346 valence electrons. The third-order valence-electron chi connectivity index (χ3n) is 10.4. The van der Waals surface area contributed by atoms with Crippen molar-refractivity contribution in [1.29, 1.82) is 0 Å². The number of ether oxygens (including phenoxy) is 8. The van der Waals surface area contributed by atoms with Gasteiger partial charge in [-0.2, -0.15) is 0 Å². The fourth-order valence-electron chi connectivity index (χ4n) is 7.02. The molecule has 59 heavy (non-hydrogen) atoms. The van der Waals surface area contributed by atoms with Crippen LogP contribution in [0.1, 0.15) is 6.92 Å². The molecule has 27 nitrogen and oxygen atoms in total. The molecule has 4 heterocycles. The van der Waals surface area contributed by atoms with Crippen LogP contribution in [0.5, 0.6) is 0 Å². The Morgan fingerprint density at radius 2 is 0.932 bits per heavy atom. The second-order valence-electron chi connectivity index (χ2n) is 14.4. The topological polar surface area (TPSA) is 447 Å².